The van der Waals surface area contributed by atoms with E-state index in [1.807, 2.05) is 13.8 Å². The van der Waals surface area contributed by atoms with Crippen molar-refractivity contribution in [1.82, 2.24) is 0 Å². The zero-order valence-corrected chi connectivity index (χ0v) is 10.8. The average molecular weight is 234 g/mol. The molecular formula is C14H18O3. The summed E-state index contributed by atoms with van der Waals surface area (Å²) in [7, 11) is 1.43. The van der Waals surface area contributed by atoms with Crippen LogP contribution in [0.15, 0.2) is 12.1 Å². The van der Waals surface area contributed by atoms with Crippen LogP contribution in [0.2, 0.25) is 0 Å². The fraction of sp³-hybridized carbons (Fsp3) is 0.500. The highest BCUT2D eigenvalue weighted by Crippen LogP contribution is 2.38. The van der Waals surface area contributed by atoms with Crippen molar-refractivity contribution in [3.05, 3.63) is 34.4 Å². The highest BCUT2D eigenvalue weighted by molar-refractivity contribution is 5.85. The van der Waals surface area contributed by atoms with Gasteiger partial charge in [0.2, 0.25) is 0 Å². The summed E-state index contributed by atoms with van der Waals surface area (Å²) in [6.45, 7) is 6.98. The Labute approximate surface area is 102 Å². The summed E-state index contributed by atoms with van der Waals surface area (Å²) in [5.41, 5.74) is 3.97. The number of methoxy groups -OCH3 is 1. The lowest BCUT2D eigenvalue weighted by Crippen LogP contribution is -2.54. The molecule has 3 nitrogen and oxygen atoms in total. The molecule has 0 aromatic heterocycles. The number of rotatable bonds is 2. The van der Waals surface area contributed by atoms with Gasteiger partial charge >= 0.3 is 5.97 Å². The SMILES string of the molecule is COC(=O)C1(c2c(C)cc(C)cc2C)COC1. The molecule has 1 aromatic carbocycles. The first kappa shape index (κ1) is 12.1. The van der Waals surface area contributed by atoms with E-state index in [0.29, 0.717) is 13.2 Å². The summed E-state index contributed by atoms with van der Waals surface area (Å²) in [6, 6.07) is 4.21. The van der Waals surface area contributed by atoms with Crippen molar-refractivity contribution >= 4 is 5.97 Å². The van der Waals surface area contributed by atoms with Crippen molar-refractivity contribution in [2.45, 2.75) is 26.2 Å². The van der Waals surface area contributed by atoms with Crippen molar-refractivity contribution < 1.29 is 14.3 Å². The lowest BCUT2D eigenvalue weighted by atomic mass is 9.74. The number of aryl methyl sites for hydroxylation is 3. The van der Waals surface area contributed by atoms with Crippen molar-refractivity contribution in [2.24, 2.45) is 0 Å². The molecular weight excluding hydrogens is 216 g/mol. The minimum atomic E-state index is -0.587. The first-order valence-corrected chi connectivity index (χ1v) is 5.76. The van der Waals surface area contributed by atoms with E-state index in [9.17, 15) is 4.79 Å². The van der Waals surface area contributed by atoms with Crippen LogP contribution >= 0.6 is 0 Å². The van der Waals surface area contributed by atoms with Gasteiger partial charge in [0.25, 0.3) is 0 Å². The summed E-state index contributed by atoms with van der Waals surface area (Å²) >= 11 is 0. The molecule has 1 aromatic rings. The Morgan fingerprint density at radius 3 is 2.12 bits per heavy atom. The normalized spacial score (nSPS) is 17.4. The molecule has 1 fully saturated rings. The molecule has 17 heavy (non-hydrogen) atoms. The maximum atomic E-state index is 12.0. The summed E-state index contributed by atoms with van der Waals surface area (Å²) < 4.78 is 10.2. The third-order valence-electron chi connectivity index (χ3n) is 3.43. The lowest BCUT2D eigenvalue weighted by Gasteiger charge is -2.40. The highest BCUT2D eigenvalue weighted by atomic mass is 16.5. The number of esters is 1. The van der Waals surface area contributed by atoms with E-state index in [1.165, 1.54) is 12.7 Å². The van der Waals surface area contributed by atoms with Gasteiger partial charge in [0, 0.05) is 0 Å². The molecule has 0 bridgehead atoms. The number of hydrogen-bond donors (Lipinski definition) is 0. The first-order chi connectivity index (χ1) is 8.01. The van der Waals surface area contributed by atoms with Gasteiger partial charge in [-0.05, 0) is 37.5 Å². The second-order valence-electron chi connectivity index (χ2n) is 4.84. The Morgan fingerprint density at radius 2 is 1.76 bits per heavy atom. The highest BCUT2D eigenvalue weighted by Gasteiger charge is 2.50. The fourth-order valence-electron chi connectivity index (χ4n) is 2.80. The van der Waals surface area contributed by atoms with Crippen LogP contribution in [0.4, 0.5) is 0 Å². The van der Waals surface area contributed by atoms with Crippen LogP contribution in [-0.2, 0) is 19.7 Å². The number of carbonyl (C=O) groups excluding carboxylic acids is 1. The van der Waals surface area contributed by atoms with Gasteiger partial charge in [-0.2, -0.15) is 0 Å². The number of benzene rings is 1. The standard InChI is InChI=1S/C14H18O3/c1-9-5-10(2)12(11(3)6-9)14(7-17-8-14)13(15)16-4/h5-6H,7-8H2,1-4H3. The molecule has 0 amide bonds. The maximum absolute atomic E-state index is 12.0. The Bertz CT molecular complexity index is 436. The van der Waals surface area contributed by atoms with Crippen LogP contribution in [-0.4, -0.2) is 26.3 Å². The number of hydrogen-bond acceptors (Lipinski definition) is 3. The molecule has 1 aliphatic heterocycles. The molecule has 92 valence electrons. The van der Waals surface area contributed by atoms with Gasteiger partial charge in [-0.1, -0.05) is 17.7 Å². The van der Waals surface area contributed by atoms with Crippen molar-refractivity contribution in [3.63, 3.8) is 0 Å². The molecule has 1 aliphatic rings. The van der Waals surface area contributed by atoms with E-state index in [0.717, 1.165) is 16.7 Å². The van der Waals surface area contributed by atoms with Gasteiger partial charge in [-0.25, -0.2) is 0 Å². The second-order valence-corrected chi connectivity index (χ2v) is 4.84. The number of carbonyl (C=O) groups is 1. The predicted octanol–water partition coefficient (Wildman–Crippen LogP) is 2.05. The molecule has 0 saturated carbocycles. The van der Waals surface area contributed by atoms with E-state index in [1.54, 1.807) is 0 Å². The minimum Gasteiger partial charge on any atom is -0.468 e. The Kier molecular flexibility index (Phi) is 2.96. The van der Waals surface area contributed by atoms with Crippen molar-refractivity contribution in [2.75, 3.05) is 20.3 Å². The van der Waals surface area contributed by atoms with Crippen LogP contribution < -0.4 is 0 Å². The molecule has 0 atom stereocenters. The summed E-state index contributed by atoms with van der Waals surface area (Å²) in [5, 5.41) is 0. The molecule has 2 rings (SSSR count). The smallest absolute Gasteiger partial charge is 0.321 e. The van der Waals surface area contributed by atoms with Crippen LogP contribution in [0.3, 0.4) is 0 Å². The minimum absolute atomic E-state index is 0.196. The summed E-state index contributed by atoms with van der Waals surface area (Å²) in [6.07, 6.45) is 0. The van der Waals surface area contributed by atoms with Crippen molar-refractivity contribution in [1.29, 1.82) is 0 Å². The lowest BCUT2D eigenvalue weighted by molar-refractivity contribution is -0.166. The third kappa shape index (κ3) is 1.75. The molecule has 0 spiro atoms. The molecule has 1 saturated heterocycles. The molecule has 1 heterocycles. The Morgan fingerprint density at radius 1 is 1.24 bits per heavy atom. The van der Waals surface area contributed by atoms with Gasteiger partial charge < -0.3 is 9.47 Å². The fourth-order valence-corrected chi connectivity index (χ4v) is 2.80. The van der Waals surface area contributed by atoms with E-state index < -0.39 is 5.41 Å². The maximum Gasteiger partial charge on any atom is 0.321 e. The van der Waals surface area contributed by atoms with Crippen molar-refractivity contribution in [3.8, 4) is 0 Å². The molecule has 3 heteroatoms. The van der Waals surface area contributed by atoms with Gasteiger partial charge in [-0.3, -0.25) is 4.79 Å². The molecule has 0 radical (unpaired) electrons. The zero-order chi connectivity index (χ0) is 12.6. The summed E-state index contributed by atoms with van der Waals surface area (Å²) in [5.74, 6) is -0.196. The molecule has 0 N–H and O–H groups in total. The first-order valence-electron chi connectivity index (χ1n) is 5.76. The van der Waals surface area contributed by atoms with Crippen LogP contribution in [0.1, 0.15) is 22.3 Å². The summed E-state index contributed by atoms with van der Waals surface area (Å²) in [4.78, 5) is 12.0. The zero-order valence-electron chi connectivity index (χ0n) is 10.8. The monoisotopic (exact) mass is 234 g/mol. The third-order valence-corrected chi connectivity index (χ3v) is 3.43. The number of ether oxygens (including phenoxy) is 2. The quantitative estimate of drug-likeness (QED) is 0.735. The van der Waals surface area contributed by atoms with Gasteiger partial charge in [-0.15, -0.1) is 0 Å². The Balaban J connectivity index is 2.55. The topological polar surface area (TPSA) is 35.5 Å². The van der Waals surface area contributed by atoms with E-state index >= 15 is 0 Å². The Hall–Kier alpha value is -1.35. The van der Waals surface area contributed by atoms with Crippen LogP contribution in [0.25, 0.3) is 0 Å². The molecule has 0 aliphatic carbocycles. The van der Waals surface area contributed by atoms with Crippen LogP contribution in [0.5, 0.6) is 0 Å². The van der Waals surface area contributed by atoms with E-state index in [4.69, 9.17) is 9.47 Å². The largest absolute Gasteiger partial charge is 0.468 e. The van der Waals surface area contributed by atoms with Gasteiger partial charge in [0.1, 0.15) is 5.41 Å². The predicted molar refractivity (Wildman–Crippen MR) is 65.2 cm³/mol. The van der Waals surface area contributed by atoms with E-state index in [-0.39, 0.29) is 5.97 Å². The van der Waals surface area contributed by atoms with Gasteiger partial charge in [0.05, 0.1) is 20.3 Å². The second kappa shape index (κ2) is 4.15. The van der Waals surface area contributed by atoms with Gasteiger partial charge in [0.15, 0.2) is 0 Å². The van der Waals surface area contributed by atoms with E-state index in [2.05, 4.69) is 19.1 Å². The average Bonchev–Trinajstić information content (AvgIpc) is 2.19. The van der Waals surface area contributed by atoms with Crippen LogP contribution in [0, 0.1) is 20.8 Å². The molecule has 0 unspecified atom stereocenters.